The minimum Gasteiger partial charge on any atom is -1.00 e. The van der Waals surface area contributed by atoms with E-state index in [0.717, 1.165) is 105 Å². The number of fused-ring (bicyclic) bond motifs is 8. The van der Waals surface area contributed by atoms with Gasteiger partial charge in [-0.25, -0.2) is 19.2 Å². The van der Waals surface area contributed by atoms with Gasteiger partial charge in [0.25, 0.3) is 0 Å². The van der Waals surface area contributed by atoms with Crippen molar-refractivity contribution in [3.05, 3.63) is 178 Å². The number of halogens is 1. The lowest BCUT2D eigenvalue weighted by molar-refractivity contribution is -0.386. The summed E-state index contributed by atoms with van der Waals surface area (Å²) < 4.78 is 53.8. The molecule has 72 heavy (non-hydrogen) atoms. The standard InChI is InChI=1S/C17H19NO4.C15H15NO3.C12H8O4.C11H6O3.ClH/c1-9-6-15(19)22-16-10(2)17-13(7-12(9)16)14(11(3)21-17)8-20-5-4-18;1-7-4-13(17)19-14-8(2)15-11(5-10(7)14)12(6-16)9(3)18-15;1-14-12-10-8(4-5-15-10)6-7-2-3-9(13)16-11(7)12;12-11-2-1-7-5-8-3-4-13-9(8)6-10(7)14-11;/h6-7H,4-5,8,18H2,1-3H3;4-5H,6,16H2,1-3H3;2-6H,1H3;1-6H;1H. The molecule has 0 atom stereocenters. The smallest absolute Gasteiger partial charge is 0.336 e. The number of nitrogens with two attached hydrogens (primary N) is 1. The quantitative estimate of drug-likeness (QED) is 0.123. The average molecular weight is 997 g/mol. The predicted octanol–water partition coefficient (Wildman–Crippen LogP) is 7.24. The number of methoxy groups -OCH3 is 1. The largest absolute Gasteiger partial charge is 1.00 e. The zero-order valence-corrected chi connectivity index (χ0v) is 41.1. The summed E-state index contributed by atoms with van der Waals surface area (Å²) in [6.45, 7) is 13.6. The summed E-state index contributed by atoms with van der Waals surface area (Å²) in [5, 5.41) is 7.57. The molecule has 0 radical (unpaired) electrons. The summed E-state index contributed by atoms with van der Waals surface area (Å²) in [6, 6.07) is 22.6. The first kappa shape index (κ1) is 50.2. The Labute approximate surface area is 413 Å². The van der Waals surface area contributed by atoms with E-state index in [1.807, 2.05) is 77.9 Å². The van der Waals surface area contributed by atoms with Gasteiger partial charge in [0.2, 0.25) is 5.75 Å². The van der Waals surface area contributed by atoms with Crippen molar-refractivity contribution in [2.75, 3.05) is 20.3 Å². The second-order valence-corrected chi connectivity index (χ2v) is 16.9. The summed E-state index contributed by atoms with van der Waals surface area (Å²) in [5.74, 6) is 2.14. The van der Waals surface area contributed by atoms with Crippen LogP contribution < -0.4 is 51.1 Å². The first-order valence-electron chi connectivity index (χ1n) is 22.6. The second-order valence-electron chi connectivity index (χ2n) is 16.9. The van der Waals surface area contributed by atoms with Crippen LogP contribution in [0.5, 0.6) is 5.75 Å². The van der Waals surface area contributed by atoms with Gasteiger partial charge in [0.05, 0.1) is 38.4 Å². The van der Waals surface area contributed by atoms with Crippen molar-refractivity contribution in [3.63, 3.8) is 0 Å². The Morgan fingerprint density at radius 3 is 1.61 bits per heavy atom. The Bertz CT molecular complexity index is 4240. The molecule has 0 saturated carbocycles. The third-order valence-electron chi connectivity index (χ3n) is 12.3. The molecule has 0 aliphatic rings. The molecule has 17 heteroatoms. The topological polar surface area (TPSA) is 246 Å². The Morgan fingerprint density at radius 1 is 0.500 bits per heavy atom. The van der Waals surface area contributed by atoms with Gasteiger partial charge in [-0.1, -0.05) is 0 Å². The van der Waals surface area contributed by atoms with Gasteiger partial charge in [0, 0.05) is 96.7 Å². The van der Waals surface area contributed by atoms with Gasteiger partial charge < -0.3 is 68.7 Å². The van der Waals surface area contributed by atoms with Crippen LogP contribution in [-0.2, 0) is 17.9 Å². The molecule has 4 aromatic carbocycles. The maximum atomic E-state index is 11.6. The maximum absolute atomic E-state index is 11.6. The van der Waals surface area contributed by atoms with Crippen LogP contribution in [0.15, 0.2) is 146 Å². The van der Waals surface area contributed by atoms with Gasteiger partial charge >= 0.3 is 22.5 Å². The average Bonchev–Trinajstić information content (AvgIpc) is 4.15. The van der Waals surface area contributed by atoms with Crippen molar-refractivity contribution in [1.82, 2.24) is 0 Å². The van der Waals surface area contributed by atoms with Gasteiger partial charge in [-0.2, -0.15) is 0 Å². The highest BCUT2D eigenvalue weighted by Gasteiger charge is 2.20. The van der Waals surface area contributed by atoms with Crippen molar-refractivity contribution in [3.8, 4) is 5.75 Å². The molecule has 0 aliphatic carbocycles. The molecule has 0 amide bonds. The van der Waals surface area contributed by atoms with E-state index in [4.69, 9.17) is 50.5 Å². The molecule has 0 aliphatic heterocycles. The van der Waals surface area contributed by atoms with Crippen LogP contribution in [-0.4, -0.2) is 20.3 Å². The van der Waals surface area contributed by atoms with E-state index in [-0.39, 0.29) is 29.3 Å². The van der Waals surface area contributed by atoms with Crippen LogP contribution in [0.4, 0.5) is 0 Å². The summed E-state index contributed by atoms with van der Waals surface area (Å²) in [6.07, 6.45) is 3.19. The lowest BCUT2D eigenvalue weighted by Gasteiger charge is -2.06. The number of furan rings is 4. The fourth-order valence-electron chi connectivity index (χ4n) is 8.77. The lowest BCUT2D eigenvalue weighted by Crippen LogP contribution is -3.00. The Kier molecular flexibility index (Phi) is 14.4. The monoisotopic (exact) mass is 996 g/mol. The van der Waals surface area contributed by atoms with Crippen molar-refractivity contribution in [2.45, 2.75) is 54.7 Å². The van der Waals surface area contributed by atoms with Crippen LogP contribution in [0.1, 0.15) is 44.9 Å². The van der Waals surface area contributed by atoms with Crippen LogP contribution >= 0.6 is 0 Å². The van der Waals surface area contributed by atoms with Gasteiger partial charge in [0.1, 0.15) is 51.6 Å². The molecular weight excluding hydrogens is 948 g/mol. The van der Waals surface area contributed by atoms with E-state index in [2.05, 4.69) is 5.73 Å². The van der Waals surface area contributed by atoms with E-state index in [0.29, 0.717) is 60.0 Å². The molecule has 8 aromatic heterocycles. The van der Waals surface area contributed by atoms with E-state index in [9.17, 15) is 19.2 Å². The van der Waals surface area contributed by atoms with Crippen molar-refractivity contribution in [2.24, 2.45) is 5.73 Å². The number of ether oxygens (including phenoxy) is 2. The maximum Gasteiger partial charge on any atom is 0.336 e. The van der Waals surface area contributed by atoms with E-state index >= 15 is 0 Å². The summed E-state index contributed by atoms with van der Waals surface area (Å²) in [5.41, 5.74) is 18.7. The van der Waals surface area contributed by atoms with E-state index in [1.165, 1.54) is 31.4 Å². The number of rotatable bonds is 6. The predicted molar refractivity (Wildman–Crippen MR) is 269 cm³/mol. The first-order valence-corrected chi connectivity index (χ1v) is 22.6. The normalized spacial score (nSPS) is 11.2. The molecule has 0 bridgehead atoms. The summed E-state index contributed by atoms with van der Waals surface area (Å²) in [7, 11) is 1.52. The number of hydrogen-bond donors (Lipinski definition) is 2. The zero-order valence-electron chi connectivity index (χ0n) is 40.4. The highest BCUT2D eigenvalue weighted by atomic mass is 35.5. The Morgan fingerprint density at radius 2 is 1.00 bits per heavy atom. The molecule has 12 rings (SSSR count). The van der Waals surface area contributed by atoms with Crippen molar-refractivity contribution < 1.29 is 63.0 Å². The molecule has 0 unspecified atom stereocenters. The third-order valence-corrected chi connectivity index (χ3v) is 12.3. The highest BCUT2D eigenvalue weighted by molar-refractivity contribution is 6.02. The molecule has 12 aromatic rings. The minimum absolute atomic E-state index is 0. The molecule has 370 valence electrons. The first-order chi connectivity index (χ1) is 34.2. The van der Waals surface area contributed by atoms with Gasteiger partial charge in [0.15, 0.2) is 11.2 Å². The second kappa shape index (κ2) is 20.7. The summed E-state index contributed by atoms with van der Waals surface area (Å²) >= 11 is 0. The highest BCUT2D eigenvalue weighted by Crippen LogP contribution is 2.37. The SMILES string of the molecule is COc1c2occc2cc2ccc(=O)oc12.Cc1oc2c(C)c3oc(=O)cc(C)c3cc2c1COCCN.Cc1oc2c(C)c3oc(=O)cc(C)c3cc2c1C[NH3+].O=c1ccc2cc3ccoc3cc2o1.[Cl-]. The Balaban J connectivity index is 0.000000129. The number of hydrogen-bond acceptors (Lipinski definition) is 15. The van der Waals surface area contributed by atoms with Crippen molar-refractivity contribution >= 4 is 87.8 Å². The van der Waals surface area contributed by atoms with Crippen LogP contribution in [0, 0.1) is 41.5 Å². The zero-order chi connectivity index (χ0) is 50.2. The molecular formula is C55H49ClN2O14. The summed E-state index contributed by atoms with van der Waals surface area (Å²) in [4.78, 5) is 45.3. The molecule has 0 fully saturated rings. The Hall–Kier alpha value is -8.15. The molecule has 0 spiro atoms. The van der Waals surface area contributed by atoms with Gasteiger partial charge in [-0.05, 0) is 101 Å². The van der Waals surface area contributed by atoms with E-state index in [1.54, 1.807) is 30.7 Å². The van der Waals surface area contributed by atoms with Gasteiger partial charge in [-0.15, -0.1) is 0 Å². The minimum atomic E-state index is -0.406. The molecule has 8 heterocycles. The number of quaternary nitrogens is 1. The van der Waals surface area contributed by atoms with E-state index < -0.39 is 5.63 Å². The number of aryl methyl sites for hydroxylation is 6. The van der Waals surface area contributed by atoms with Crippen molar-refractivity contribution in [1.29, 1.82) is 0 Å². The van der Waals surface area contributed by atoms with Crippen LogP contribution in [0.2, 0.25) is 0 Å². The number of benzene rings is 4. The van der Waals surface area contributed by atoms with Crippen LogP contribution in [0.25, 0.3) is 87.8 Å². The fraction of sp³-hybridized carbons (Fsp3) is 0.200. The van der Waals surface area contributed by atoms with Crippen LogP contribution in [0.3, 0.4) is 0 Å². The molecule has 5 N–H and O–H groups in total. The van der Waals surface area contributed by atoms with Gasteiger partial charge in [-0.3, -0.25) is 0 Å². The lowest BCUT2D eigenvalue weighted by atomic mass is 10.0. The molecule has 0 saturated heterocycles. The third kappa shape index (κ3) is 9.55. The fourth-order valence-corrected chi connectivity index (χ4v) is 8.77. The molecule has 16 nitrogen and oxygen atoms in total.